The molecule has 0 radical (unpaired) electrons. The summed E-state index contributed by atoms with van der Waals surface area (Å²) in [7, 11) is 1.79. The summed E-state index contributed by atoms with van der Waals surface area (Å²) in [5.41, 5.74) is 1.11. The van der Waals surface area contributed by atoms with Crippen molar-refractivity contribution in [3.05, 3.63) is 29.8 Å². The van der Waals surface area contributed by atoms with Gasteiger partial charge in [-0.1, -0.05) is 6.07 Å². The number of carbonyl (C=O) groups excluding carboxylic acids is 1. The molecule has 0 aliphatic carbocycles. The molecule has 0 aliphatic heterocycles. The quantitative estimate of drug-likeness (QED) is 0.867. The lowest BCUT2D eigenvalue weighted by Gasteiger charge is -2.17. The van der Waals surface area contributed by atoms with Gasteiger partial charge in [0.1, 0.15) is 0 Å². The van der Waals surface area contributed by atoms with Crippen molar-refractivity contribution in [3.63, 3.8) is 0 Å². The highest BCUT2D eigenvalue weighted by atomic mass is 16.2. The van der Waals surface area contributed by atoms with E-state index in [2.05, 4.69) is 11.4 Å². The van der Waals surface area contributed by atoms with Gasteiger partial charge in [-0.05, 0) is 32.2 Å². The molecule has 1 aromatic carbocycles. The summed E-state index contributed by atoms with van der Waals surface area (Å²) >= 11 is 0. The van der Waals surface area contributed by atoms with Crippen LogP contribution in [0.25, 0.3) is 0 Å². The lowest BCUT2D eigenvalue weighted by Crippen LogP contribution is -2.32. The number of likely N-dealkylation sites (N-methyl/N-ethyl adjacent to an activating group) is 1. The van der Waals surface area contributed by atoms with E-state index in [9.17, 15) is 4.79 Å². The first-order chi connectivity index (χ1) is 9.05. The Bertz CT molecular complexity index is 527. The molecule has 1 unspecified atom stereocenters. The number of hydrogen-bond acceptors (Lipinski definition) is 4. The van der Waals surface area contributed by atoms with Crippen LogP contribution in [0.15, 0.2) is 24.3 Å². The maximum absolute atomic E-state index is 11.8. The number of benzene rings is 1. The zero-order valence-electron chi connectivity index (χ0n) is 11.1. The van der Waals surface area contributed by atoms with Crippen molar-refractivity contribution >= 4 is 11.6 Å². The van der Waals surface area contributed by atoms with Crippen molar-refractivity contribution in [2.75, 3.05) is 25.5 Å². The largest absolute Gasteiger partial charge is 0.325 e. The van der Waals surface area contributed by atoms with Crippen LogP contribution in [0.1, 0.15) is 12.5 Å². The monoisotopic (exact) mass is 256 g/mol. The number of amides is 1. The molecule has 5 heteroatoms. The molecular weight excluding hydrogens is 240 g/mol. The molecule has 1 aromatic rings. The lowest BCUT2D eigenvalue weighted by molar-refractivity contribution is -0.117. The Balaban J connectivity index is 2.51. The number of nitriles is 2. The minimum absolute atomic E-state index is 0.111. The van der Waals surface area contributed by atoms with Gasteiger partial charge in [0.2, 0.25) is 5.91 Å². The molecule has 19 heavy (non-hydrogen) atoms. The summed E-state index contributed by atoms with van der Waals surface area (Å²) in [6.07, 6.45) is 0. The van der Waals surface area contributed by atoms with Crippen molar-refractivity contribution in [2.24, 2.45) is 5.92 Å². The normalized spacial score (nSPS) is 11.4. The van der Waals surface area contributed by atoms with Crippen molar-refractivity contribution in [2.45, 2.75) is 6.92 Å². The Morgan fingerprint density at radius 3 is 2.84 bits per heavy atom. The molecule has 98 valence electrons. The van der Waals surface area contributed by atoms with Crippen LogP contribution in [0.2, 0.25) is 0 Å². The highest BCUT2D eigenvalue weighted by Crippen LogP contribution is 2.09. The first kappa shape index (κ1) is 14.7. The van der Waals surface area contributed by atoms with Gasteiger partial charge in [-0.2, -0.15) is 10.5 Å². The molecule has 0 aromatic heterocycles. The second-order valence-corrected chi connectivity index (χ2v) is 4.47. The van der Waals surface area contributed by atoms with Crippen LogP contribution >= 0.6 is 0 Å². The van der Waals surface area contributed by atoms with E-state index in [-0.39, 0.29) is 18.4 Å². The second kappa shape index (κ2) is 7.15. The zero-order valence-corrected chi connectivity index (χ0v) is 11.1. The van der Waals surface area contributed by atoms with Crippen LogP contribution in [0.5, 0.6) is 0 Å². The third-order valence-corrected chi connectivity index (χ3v) is 2.49. The number of nitrogens with one attached hydrogen (secondary N) is 1. The first-order valence-corrected chi connectivity index (χ1v) is 5.93. The van der Waals surface area contributed by atoms with Gasteiger partial charge in [0.25, 0.3) is 0 Å². The minimum Gasteiger partial charge on any atom is -0.325 e. The van der Waals surface area contributed by atoms with Crippen LogP contribution in [0, 0.1) is 28.6 Å². The zero-order chi connectivity index (χ0) is 14.3. The van der Waals surface area contributed by atoms with E-state index in [0.29, 0.717) is 17.8 Å². The third-order valence-electron chi connectivity index (χ3n) is 2.49. The van der Waals surface area contributed by atoms with Crippen LogP contribution in [-0.4, -0.2) is 30.9 Å². The smallest absolute Gasteiger partial charge is 0.238 e. The number of anilines is 1. The third kappa shape index (κ3) is 5.20. The molecule has 1 rings (SSSR count). The average Bonchev–Trinajstić information content (AvgIpc) is 2.38. The number of hydrogen-bond donors (Lipinski definition) is 1. The van der Waals surface area contributed by atoms with E-state index in [1.54, 1.807) is 36.2 Å². The predicted molar refractivity (Wildman–Crippen MR) is 72.1 cm³/mol. The first-order valence-electron chi connectivity index (χ1n) is 5.93. The molecule has 0 bridgehead atoms. The van der Waals surface area contributed by atoms with Gasteiger partial charge in [-0.25, -0.2) is 0 Å². The van der Waals surface area contributed by atoms with Gasteiger partial charge >= 0.3 is 0 Å². The van der Waals surface area contributed by atoms with E-state index < -0.39 is 0 Å². The fourth-order valence-corrected chi connectivity index (χ4v) is 1.69. The van der Waals surface area contributed by atoms with Gasteiger partial charge in [-0.15, -0.1) is 0 Å². The van der Waals surface area contributed by atoms with Gasteiger partial charge < -0.3 is 5.32 Å². The molecule has 0 saturated heterocycles. The predicted octanol–water partition coefficient (Wildman–Crippen LogP) is 1.59. The fourth-order valence-electron chi connectivity index (χ4n) is 1.69. The molecule has 1 atom stereocenters. The number of rotatable bonds is 5. The van der Waals surface area contributed by atoms with E-state index in [0.717, 1.165) is 0 Å². The van der Waals surface area contributed by atoms with Crippen molar-refractivity contribution < 1.29 is 4.79 Å². The van der Waals surface area contributed by atoms with Gasteiger partial charge in [-0.3, -0.25) is 9.69 Å². The van der Waals surface area contributed by atoms with E-state index in [1.807, 2.05) is 13.0 Å². The van der Waals surface area contributed by atoms with Crippen LogP contribution in [0.4, 0.5) is 5.69 Å². The van der Waals surface area contributed by atoms with Crippen LogP contribution < -0.4 is 5.32 Å². The number of nitrogens with zero attached hydrogens (tertiary/aromatic N) is 3. The summed E-state index contributed by atoms with van der Waals surface area (Å²) < 4.78 is 0. The van der Waals surface area contributed by atoms with E-state index in [4.69, 9.17) is 10.5 Å². The Kier molecular flexibility index (Phi) is 5.53. The summed E-state index contributed by atoms with van der Waals surface area (Å²) in [6, 6.07) is 10.9. The molecule has 1 amide bonds. The summed E-state index contributed by atoms with van der Waals surface area (Å²) in [5, 5.41) is 20.2. The second-order valence-electron chi connectivity index (χ2n) is 4.47. The maximum atomic E-state index is 11.8. The minimum atomic E-state index is -0.164. The summed E-state index contributed by atoms with van der Waals surface area (Å²) in [4.78, 5) is 13.6. The Hall–Kier alpha value is -2.37. The Labute approximate surface area is 113 Å². The average molecular weight is 256 g/mol. The number of carbonyl (C=O) groups is 1. The SMILES string of the molecule is CC(C#N)CN(C)CC(=O)Nc1cccc(C#N)c1. The highest BCUT2D eigenvalue weighted by Gasteiger charge is 2.10. The fraction of sp³-hybridized carbons (Fsp3) is 0.357. The lowest BCUT2D eigenvalue weighted by atomic mass is 10.2. The van der Waals surface area contributed by atoms with E-state index in [1.165, 1.54) is 0 Å². The van der Waals surface area contributed by atoms with Gasteiger partial charge in [0.05, 0.1) is 30.2 Å². The maximum Gasteiger partial charge on any atom is 0.238 e. The molecule has 0 spiro atoms. The van der Waals surface area contributed by atoms with Crippen LogP contribution in [0.3, 0.4) is 0 Å². The summed E-state index contributed by atoms with van der Waals surface area (Å²) in [6.45, 7) is 2.57. The van der Waals surface area contributed by atoms with Gasteiger partial charge in [0, 0.05) is 12.2 Å². The molecule has 0 saturated carbocycles. The summed E-state index contributed by atoms with van der Waals surface area (Å²) in [5.74, 6) is -0.276. The Morgan fingerprint density at radius 1 is 1.47 bits per heavy atom. The van der Waals surface area contributed by atoms with Gasteiger partial charge in [0.15, 0.2) is 0 Å². The molecule has 1 N–H and O–H groups in total. The molecule has 0 aliphatic rings. The topological polar surface area (TPSA) is 79.9 Å². The van der Waals surface area contributed by atoms with Crippen molar-refractivity contribution in [1.82, 2.24) is 4.90 Å². The highest BCUT2D eigenvalue weighted by molar-refractivity contribution is 5.92. The van der Waals surface area contributed by atoms with Crippen LogP contribution in [-0.2, 0) is 4.79 Å². The van der Waals surface area contributed by atoms with Crippen molar-refractivity contribution in [3.8, 4) is 12.1 Å². The molecule has 0 heterocycles. The molecule has 0 fully saturated rings. The molecule has 5 nitrogen and oxygen atoms in total. The van der Waals surface area contributed by atoms with Crippen molar-refractivity contribution in [1.29, 1.82) is 10.5 Å². The Morgan fingerprint density at radius 2 is 2.21 bits per heavy atom. The molecular formula is C14H16N4O. The standard InChI is InChI=1S/C14H16N4O/c1-11(7-15)9-18(2)10-14(19)17-13-5-3-4-12(6-13)8-16/h3-6,11H,9-10H2,1-2H3,(H,17,19). The van der Waals surface area contributed by atoms with E-state index >= 15 is 0 Å².